The summed E-state index contributed by atoms with van der Waals surface area (Å²) in [6.45, 7) is 2.08. The Morgan fingerprint density at radius 2 is 1.96 bits per heavy atom. The predicted molar refractivity (Wildman–Crippen MR) is 93.6 cm³/mol. The second-order valence-corrected chi connectivity index (χ2v) is 8.90. The van der Waals surface area contributed by atoms with Crippen LogP contribution in [0.2, 0.25) is 0 Å². The molecule has 2 aromatic heterocycles. The SMILES string of the molecule is Cc1c([N+](=O)[O-])c(C(=O)N2CCN(S(=O)(=O)c3cccs3)CC2)nn1C. The first kappa shape index (κ1) is 18.5. The van der Waals surface area contributed by atoms with Crippen LogP contribution < -0.4 is 0 Å². The first-order chi connectivity index (χ1) is 12.2. The van der Waals surface area contributed by atoms with Gasteiger partial charge < -0.3 is 4.90 Å². The number of carbonyl (C=O) groups excluding carboxylic acids is 1. The molecule has 0 aromatic carbocycles. The molecule has 0 aliphatic carbocycles. The lowest BCUT2D eigenvalue weighted by Gasteiger charge is -2.33. The zero-order chi connectivity index (χ0) is 19.1. The van der Waals surface area contributed by atoms with Gasteiger partial charge in [0.2, 0.25) is 5.69 Å². The number of hydrogen-bond donors (Lipinski definition) is 0. The summed E-state index contributed by atoms with van der Waals surface area (Å²) in [5.41, 5.74) is -0.243. The minimum absolute atomic E-state index is 0.131. The zero-order valence-corrected chi connectivity index (χ0v) is 15.8. The summed E-state index contributed by atoms with van der Waals surface area (Å²) >= 11 is 1.14. The largest absolute Gasteiger partial charge is 0.334 e. The molecule has 0 N–H and O–H groups in total. The molecule has 1 aliphatic rings. The first-order valence-corrected chi connectivity index (χ1v) is 10.1. The highest BCUT2D eigenvalue weighted by molar-refractivity contribution is 7.91. The Labute approximate surface area is 153 Å². The smallest absolute Gasteiger partial charge is 0.322 e. The van der Waals surface area contributed by atoms with Gasteiger partial charge >= 0.3 is 5.69 Å². The lowest BCUT2D eigenvalue weighted by atomic mass is 10.2. The van der Waals surface area contributed by atoms with Crippen LogP contribution in [-0.2, 0) is 17.1 Å². The Balaban J connectivity index is 1.76. The van der Waals surface area contributed by atoms with Gasteiger partial charge in [0, 0.05) is 33.2 Å². The van der Waals surface area contributed by atoms with Crippen molar-refractivity contribution >= 4 is 33.0 Å². The van der Waals surface area contributed by atoms with Gasteiger partial charge in [0.05, 0.1) is 4.92 Å². The molecule has 1 fully saturated rings. The minimum atomic E-state index is -3.57. The summed E-state index contributed by atoms with van der Waals surface area (Å²) in [4.78, 5) is 24.7. The van der Waals surface area contributed by atoms with Crippen LogP contribution in [0.25, 0.3) is 0 Å². The van der Waals surface area contributed by atoms with Crippen LogP contribution in [-0.4, -0.2) is 64.4 Å². The Morgan fingerprint density at radius 1 is 1.31 bits per heavy atom. The Morgan fingerprint density at radius 3 is 2.50 bits per heavy atom. The second kappa shape index (κ2) is 6.78. The van der Waals surface area contributed by atoms with Crippen LogP contribution in [0.3, 0.4) is 0 Å². The van der Waals surface area contributed by atoms with Gasteiger partial charge in [-0.1, -0.05) is 6.07 Å². The number of amides is 1. The number of aryl methyl sites for hydroxylation is 1. The van der Waals surface area contributed by atoms with E-state index in [0.29, 0.717) is 0 Å². The summed E-state index contributed by atoms with van der Waals surface area (Å²) in [6, 6.07) is 3.21. The fourth-order valence-electron chi connectivity index (χ4n) is 2.78. The third-order valence-electron chi connectivity index (χ3n) is 4.30. The van der Waals surface area contributed by atoms with E-state index in [2.05, 4.69) is 5.10 Å². The fourth-order valence-corrected chi connectivity index (χ4v) is 5.35. The number of carbonyl (C=O) groups is 1. The number of aromatic nitrogens is 2. The van der Waals surface area contributed by atoms with Crippen LogP contribution >= 0.6 is 11.3 Å². The lowest BCUT2D eigenvalue weighted by molar-refractivity contribution is -0.385. The van der Waals surface area contributed by atoms with E-state index in [1.165, 1.54) is 33.9 Å². The van der Waals surface area contributed by atoms with Gasteiger partial charge in [-0.15, -0.1) is 11.3 Å². The van der Waals surface area contributed by atoms with E-state index in [9.17, 15) is 23.3 Å². The average Bonchev–Trinajstić information content (AvgIpc) is 3.24. The van der Waals surface area contributed by atoms with Crippen molar-refractivity contribution in [3.05, 3.63) is 39.0 Å². The predicted octanol–water partition coefficient (Wildman–Crippen LogP) is 0.845. The second-order valence-electron chi connectivity index (χ2n) is 5.79. The van der Waals surface area contributed by atoms with Crippen molar-refractivity contribution in [3.63, 3.8) is 0 Å². The maximum atomic E-state index is 12.7. The molecule has 1 saturated heterocycles. The molecule has 1 amide bonds. The van der Waals surface area contributed by atoms with Crippen molar-refractivity contribution in [2.45, 2.75) is 11.1 Å². The molecule has 0 radical (unpaired) electrons. The Hall–Kier alpha value is -2.31. The third kappa shape index (κ3) is 3.10. The van der Waals surface area contributed by atoms with E-state index >= 15 is 0 Å². The Kier molecular flexibility index (Phi) is 4.82. The standard InChI is InChI=1S/C14H17N5O5S2/c1-10-13(19(21)22)12(15-16(10)2)14(20)17-5-7-18(8-6-17)26(23,24)11-4-3-9-25-11/h3-4,9H,5-8H2,1-2H3. The van der Waals surface area contributed by atoms with Crippen LogP contribution in [0.15, 0.2) is 21.7 Å². The molecular weight excluding hydrogens is 382 g/mol. The van der Waals surface area contributed by atoms with E-state index < -0.39 is 20.9 Å². The molecule has 10 nitrogen and oxygen atoms in total. The highest BCUT2D eigenvalue weighted by Gasteiger charge is 2.35. The van der Waals surface area contributed by atoms with Crippen molar-refractivity contribution < 1.29 is 18.1 Å². The van der Waals surface area contributed by atoms with Gasteiger partial charge in [0.25, 0.3) is 15.9 Å². The van der Waals surface area contributed by atoms with Crippen LogP contribution in [0.5, 0.6) is 0 Å². The topological polar surface area (TPSA) is 119 Å². The monoisotopic (exact) mass is 399 g/mol. The summed E-state index contributed by atoms with van der Waals surface area (Å²) in [7, 11) is -2.04. The molecule has 3 heterocycles. The summed E-state index contributed by atoms with van der Waals surface area (Å²) in [5, 5.41) is 16.9. The number of piperazine rings is 1. The van der Waals surface area contributed by atoms with Crippen molar-refractivity contribution in [1.29, 1.82) is 0 Å². The number of rotatable bonds is 4. The van der Waals surface area contributed by atoms with Crippen molar-refractivity contribution in [2.24, 2.45) is 7.05 Å². The van der Waals surface area contributed by atoms with Gasteiger partial charge in [-0.25, -0.2) is 8.42 Å². The van der Waals surface area contributed by atoms with Gasteiger partial charge in [-0.2, -0.15) is 9.40 Å². The molecule has 0 bridgehead atoms. The zero-order valence-electron chi connectivity index (χ0n) is 14.2. The lowest BCUT2D eigenvalue weighted by Crippen LogP contribution is -2.50. The summed E-state index contributed by atoms with van der Waals surface area (Å²) < 4.78 is 27.9. The number of hydrogen-bond acceptors (Lipinski definition) is 7. The van der Waals surface area contributed by atoms with E-state index in [1.54, 1.807) is 11.4 Å². The van der Waals surface area contributed by atoms with E-state index in [0.717, 1.165) is 11.3 Å². The number of thiophene rings is 1. The molecule has 1 aliphatic heterocycles. The number of nitrogens with zero attached hydrogens (tertiary/aromatic N) is 5. The maximum absolute atomic E-state index is 12.7. The first-order valence-electron chi connectivity index (χ1n) is 7.74. The number of nitro groups is 1. The summed E-state index contributed by atoms with van der Waals surface area (Å²) in [6.07, 6.45) is 0. The molecule has 140 valence electrons. The van der Waals surface area contributed by atoms with Crippen molar-refractivity contribution in [3.8, 4) is 0 Å². The minimum Gasteiger partial charge on any atom is -0.334 e. The third-order valence-corrected chi connectivity index (χ3v) is 7.57. The summed E-state index contributed by atoms with van der Waals surface area (Å²) in [5.74, 6) is -0.562. The molecule has 12 heteroatoms. The van der Waals surface area contributed by atoms with Gasteiger partial charge in [0.15, 0.2) is 0 Å². The Bertz CT molecular complexity index is 943. The van der Waals surface area contributed by atoms with E-state index in [4.69, 9.17) is 0 Å². The van der Waals surface area contributed by atoms with Gasteiger partial charge in [-0.05, 0) is 18.4 Å². The molecule has 0 spiro atoms. The highest BCUT2D eigenvalue weighted by atomic mass is 32.2. The normalized spacial score (nSPS) is 16.0. The molecule has 0 saturated carbocycles. The van der Waals surface area contributed by atoms with Gasteiger partial charge in [-0.3, -0.25) is 19.6 Å². The van der Waals surface area contributed by atoms with Crippen molar-refractivity contribution in [2.75, 3.05) is 26.2 Å². The molecule has 26 heavy (non-hydrogen) atoms. The molecular formula is C14H17N5O5S2. The van der Waals surface area contributed by atoms with Crippen molar-refractivity contribution in [1.82, 2.24) is 19.0 Å². The number of sulfonamides is 1. The molecule has 3 rings (SSSR count). The average molecular weight is 399 g/mol. The highest BCUT2D eigenvalue weighted by Crippen LogP contribution is 2.25. The van der Waals surface area contributed by atoms with E-state index in [1.807, 2.05) is 0 Å². The van der Waals surface area contributed by atoms with Crippen LogP contribution in [0, 0.1) is 17.0 Å². The van der Waals surface area contributed by atoms with Crippen LogP contribution in [0.4, 0.5) is 5.69 Å². The maximum Gasteiger partial charge on any atom is 0.322 e. The van der Waals surface area contributed by atoms with Crippen LogP contribution in [0.1, 0.15) is 16.2 Å². The van der Waals surface area contributed by atoms with E-state index in [-0.39, 0.29) is 47.5 Å². The fraction of sp³-hybridized carbons (Fsp3) is 0.429. The molecule has 0 atom stereocenters. The quantitative estimate of drug-likeness (QED) is 0.555. The molecule has 2 aromatic rings. The van der Waals surface area contributed by atoms with Gasteiger partial charge in [0.1, 0.15) is 9.90 Å². The molecule has 0 unspecified atom stereocenters.